The zero-order valence-corrected chi connectivity index (χ0v) is 11.3. The molecule has 2 amide bonds. The number of alkyl carbamates (subject to hydrolysis) is 1. The average Bonchev–Trinajstić information content (AvgIpc) is 2.44. The normalized spacial score (nSPS) is 9.74. The molecule has 0 aromatic heterocycles. The molecule has 5 nitrogen and oxygen atoms in total. The highest BCUT2D eigenvalue weighted by Gasteiger charge is 2.04. The fourth-order valence-electron chi connectivity index (χ4n) is 1.33. The van der Waals surface area contributed by atoms with Crippen LogP contribution in [0.15, 0.2) is 30.3 Å². The number of benzene rings is 1. The van der Waals surface area contributed by atoms with E-state index >= 15 is 0 Å². The van der Waals surface area contributed by atoms with Gasteiger partial charge in [0.25, 0.3) is 0 Å². The molecule has 1 rings (SSSR count). The molecular weight excluding hydrogens is 268 g/mol. The highest BCUT2D eigenvalue weighted by atomic mass is 35.5. The van der Waals surface area contributed by atoms with Gasteiger partial charge in [-0.1, -0.05) is 30.3 Å². The number of halogens is 1. The van der Waals surface area contributed by atoms with Crippen LogP contribution in [0.4, 0.5) is 4.79 Å². The molecule has 6 heteroatoms. The third-order valence-corrected chi connectivity index (χ3v) is 2.44. The van der Waals surface area contributed by atoms with Gasteiger partial charge in [-0.05, 0) is 5.56 Å². The second-order valence-corrected chi connectivity index (χ2v) is 4.16. The minimum Gasteiger partial charge on any atom is -0.445 e. The van der Waals surface area contributed by atoms with E-state index in [0.29, 0.717) is 12.4 Å². The molecule has 0 saturated carbocycles. The van der Waals surface area contributed by atoms with Crippen LogP contribution in [0.3, 0.4) is 0 Å². The number of amides is 2. The monoisotopic (exact) mass is 284 g/mol. The van der Waals surface area contributed by atoms with Crippen molar-refractivity contribution in [1.82, 2.24) is 10.6 Å². The van der Waals surface area contributed by atoms with Crippen LogP contribution in [0.25, 0.3) is 0 Å². The third-order valence-electron chi connectivity index (χ3n) is 2.25. The number of carbonyl (C=O) groups excluding carboxylic acids is 2. The van der Waals surface area contributed by atoms with Gasteiger partial charge in [0.2, 0.25) is 5.91 Å². The number of ether oxygens (including phenoxy) is 1. The number of alkyl halides is 1. The maximum Gasteiger partial charge on any atom is 0.407 e. The van der Waals surface area contributed by atoms with Crippen molar-refractivity contribution in [3.8, 4) is 0 Å². The van der Waals surface area contributed by atoms with E-state index in [9.17, 15) is 9.59 Å². The van der Waals surface area contributed by atoms with Gasteiger partial charge in [0.1, 0.15) is 6.61 Å². The Hall–Kier alpha value is -1.75. The summed E-state index contributed by atoms with van der Waals surface area (Å²) >= 11 is 5.43. The van der Waals surface area contributed by atoms with Gasteiger partial charge >= 0.3 is 6.09 Å². The van der Waals surface area contributed by atoms with Crippen LogP contribution in [-0.2, 0) is 16.1 Å². The van der Waals surface area contributed by atoms with Gasteiger partial charge in [0.15, 0.2) is 0 Å². The summed E-state index contributed by atoms with van der Waals surface area (Å²) in [5.41, 5.74) is 0.914. The summed E-state index contributed by atoms with van der Waals surface area (Å²) < 4.78 is 4.99. The fraction of sp³-hybridized carbons (Fsp3) is 0.385. The largest absolute Gasteiger partial charge is 0.445 e. The number of rotatable bonds is 7. The topological polar surface area (TPSA) is 67.4 Å². The highest BCUT2D eigenvalue weighted by molar-refractivity contribution is 6.18. The van der Waals surface area contributed by atoms with E-state index < -0.39 is 6.09 Å². The second-order valence-electron chi connectivity index (χ2n) is 3.78. The van der Waals surface area contributed by atoms with Gasteiger partial charge in [-0.2, -0.15) is 0 Å². The summed E-state index contributed by atoms with van der Waals surface area (Å²) in [7, 11) is 0. The zero-order valence-electron chi connectivity index (χ0n) is 10.5. The van der Waals surface area contributed by atoms with Gasteiger partial charge < -0.3 is 15.4 Å². The van der Waals surface area contributed by atoms with Crippen molar-refractivity contribution in [2.45, 2.75) is 13.0 Å². The summed E-state index contributed by atoms with van der Waals surface area (Å²) in [4.78, 5) is 22.5. The Labute approximate surface area is 117 Å². The Balaban J connectivity index is 2.10. The number of carbonyl (C=O) groups is 2. The molecule has 0 saturated heterocycles. The van der Waals surface area contributed by atoms with Gasteiger partial charge in [-0.3, -0.25) is 4.79 Å². The molecule has 1 aromatic rings. The summed E-state index contributed by atoms with van der Waals surface area (Å²) in [5.74, 6) is 0.224. The van der Waals surface area contributed by atoms with E-state index in [0.717, 1.165) is 5.56 Å². The first-order chi connectivity index (χ1) is 9.22. The Morgan fingerprint density at radius 3 is 2.53 bits per heavy atom. The van der Waals surface area contributed by atoms with Crippen molar-refractivity contribution in [2.75, 3.05) is 19.0 Å². The third kappa shape index (κ3) is 7.31. The van der Waals surface area contributed by atoms with Crippen molar-refractivity contribution >= 4 is 23.6 Å². The van der Waals surface area contributed by atoms with Crippen LogP contribution in [0, 0.1) is 0 Å². The molecule has 0 spiro atoms. The predicted octanol–water partition coefficient (Wildman–Crippen LogP) is 1.66. The standard InChI is InChI=1S/C13H17ClN2O3/c14-7-9-15-12(17)6-8-16-13(18)19-10-11-4-2-1-3-5-11/h1-5H,6-10H2,(H,15,17)(H,16,18). The van der Waals surface area contributed by atoms with Crippen LogP contribution >= 0.6 is 11.6 Å². The molecule has 0 radical (unpaired) electrons. The summed E-state index contributed by atoms with van der Waals surface area (Å²) in [6, 6.07) is 9.37. The summed E-state index contributed by atoms with van der Waals surface area (Å²) in [5, 5.41) is 5.11. The first kappa shape index (κ1) is 15.3. The first-order valence-corrected chi connectivity index (χ1v) is 6.53. The molecule has 104 valence electrons. The second kappa shape index (κ2) is 9.22. The van der Waals surface area contributed by atoms with Crippen LogP contribution in [0.1, 0.15) is 12.0 Å². The van der Waals surface area contributed by atoms with Crippen molar-refractivity contribution < 1.29 is 14.3 Å². The lowest BCUT2D eigenvalue weighted by molar-refractivity contribution is -0.120. The lowest BCUT2D eigenvalue weighted by atomic mass is 10.2. The first-order valence-electron chi connectivity index (χ1n) is 5.99. The van der Waals surface area contributed by atoms with Gasteiger partial charge in [0, 0.05) is 25.4 Å². The Morgan fingerprint density at radius 2 is 1.84 bits per heavy atom. The molecule has 0 aliphatic rings. The number of nitrogens with one attached hydrogen (secondary N) is 2. The van der Waals surface area contributed by atoms with Crippen molar-refractivity contribution in [3.63, 3.8) is 0 Å². The van der Waals surface area contributed by atoms with Crippen molar-refractivity contribution in [3.05, 3.63) is 35.9 Å². The van der Waals surface area contributed by atoms with Gasteiger partial charge in [-0.25, -0.2) is 4.79 Å². The molecule has 2 N–H and O–H groups in total. The van der Waals surface area contributed by atoms with Crippen LogP contribution in [0.2, 0.25) is 0 Å². The molecule has 0 fully saturated rings. The smallest absolute Gasteiger partial charge is 0.407 e. The van der Waals surface area contributed by atoms with Crippen LogP contribution in [-0.4, -0.2) is 31.0 Å². The molecule has 0 atom stereocenters. The minimum absolute atomic E-state index is 0.149. The number of hydrogen-bond acceptors (Lipinski definition) is 3. The summed E-state index contributed by atoms with van der Waals surface area (Å²) in [6.07, 6.45) is -0.328. The molecule has 0 bridgehead atoms. The quantitative estimate of drug-likeness (QED) is 0.748. The van der Waals surface area contributed by atoms with E-state index in [2.05, 4.69) is 10.6 Å². The lowest BCUT2D eigenvalue weighted by Gasteiger charge is -2.07. The highest BCUT2D eigenvalue weighted by Crippen LogP contribution is 2.00. The maximum atomic E-state index is 11.3. The van der Waals surface area contributed by atoms with Gasteiger partial charge in [-0.15, -0.1) is 11.6 Å². The van der Waals surface area contributed by atoms with Crippen LogP contribution in [0.5, 0.6) is 0 Å². The number of hydrogen-bond donors (Lipinski definition) is 2. The van der Waals surface area contributed by atoms with E-state index in [1.54, 1.807) is 0 Å². The molecule has 0 unspecified atom stereocenters. The zero-order chi connectivity index (χ0) is 13.9. The van der Waals surface area contributed by atoms with E-state index in [1.165, 1.54) is 0 Å². The minimum atomic E-state index is -0.533. The Kier molecular flexibility index (Phi) is 7.43. The molecule has 0 aliphatic heterocycles. The Bertz CT molecular complexity index is 398. The SMILES string of the molecule is O=C(CCNC(=O)OCc1ccccc1)NCCCl. The maximum absolute atomic E-state index is 11.3. The van der Waals surface area contributed by atoms with Crippen LogP contribution < -0.4 is 10.6 Å². The molecule has 19 heavy (non-hydrogen) atoms. The van der Waals surface area contributed by atoms with E-state index in [1.807, 2.05) is 30.3 Å². The molecule has 0 aliphatic carbocycles. The van der Waals surface area contributed by atoms with E-state index in [-0.39, 0.29) is 25.5 Å². The van der Waals surface area contributed by atoms with Gasteiger partial charge in [0.05, 0.1) is 0 Å². The lowest BCUT2D eigenvalue weighted by Crippen LogP contribution is -2.31. The average molecular weight is 285 g/mol. The van der Waals surface area contributed by atoms with E-state index in [4.69, 9.17) is 16.3 Å². The molecular formula is C13H17ClN2O3. The Morgan fingerprint density at radius 1 is 1.11 bits per heavy atom. The fourth-order valence-corrected chi connectivity index (χ4v) is 1.42. The molecule has 0 heterocycles. The summed E-state index contributed by atoms with van der Waals surface area (Å²) in [6.45, 7) is 0.881. The van der Waals surface area contributed by atoms with Crippen molar-refractivity contribution in [2.24, 2.45) is 0 Å². The molecule has 1 aromatic carbocycles. The predicted molar refractivity (Wildman–Crippen MR) is 73.0 cm³/mol. The van der Waals surface area contributed by atoms with Crippen molar-refractivity contribution in [1.29, 1.82) is 0 Å².